The molecule has 0 fully saturated rings. The van der Waals surface area contributed by atoms with Crippen molar-refractivity contribution in [3.8, 4) is 0 Å². The first-order valence-corrected chi connectivity index (χ1v) is 6.26. The Morgan fingerprint density at radius 3 is 2.19 bits per heavy atom. The second kappa shape index (κ2) is 5.21. The molecule has 0 amide bonds. The van der Waals surface area contributed by atoms with Crippen LogP contribution < -0.4 is 5.32 Å². The number of hydrogen-bond donors (Lipinski definition) is 1. The van der Waals surface area contributed by atoms with Crippen molar-refractivity contribution in [1.29, 1.82) is 0 Å². The van der Waals surface area contributed by atoms with Crippen molar-refractivity contribution in [2.75, 3.05) is 5.32 Å². The van der Waals surface area contributed by atoms with E-state index >= 15 is 0 Å². The van der Waals surface area contributed by atoms with Crippen LogP contribution in [0.3, 0.4) is 0 Å². The molecule has 3 nitrogen and oxygen atoms in total. The summed E-state index contributed by atoms with van der Waals surface area (Å²) in [7, 11) is 0. The highest BCUT2D eigenvalue weighted by Crippen LogP contribution is 2.30. The normalized spacial score (nSPS) is 10.9. The maximum absolute atomic E-state index is 13.7. The fraction of sp³-hybridized carbons (Fsp3) is 0. The summed E-state index contributed by atoms with van der Waals surface area (Å²) in [5.41, 5.74) is -0.502. The van der Waals surface area contributed by atoms with Gasteiger partial charge in [0.15, 0.2) is 22.6 Å². The largest absolute Gasteiger partial charge is 0.333 e. The second-order valence-electron chi connectivity index (χ2n) is 4.25. The van der Waals surface area contributed by atoms with Gasteiger partial charge in [-0.15, -0.1) is 10.2 Å². The van der Waals surface area contributed by atoms with Gasteiger partial charge in [-0.1, -0.05) is 35.9 Å². The molecule has 0 unspecified atom stereocenters. The first kappa shape index (κ1) is 13.6. The number of halogens is 4. The summed E-state index contributed by atoms with van der Waals surface area (Å²) in [6, 6.07) is 8.02. The third kappa shape index (κ3) is 2.50. The summed E-state index contributed by atoms with van der Waals surface area (Å²) in [6.45, 7) is 0. The van der Waals surface area contributed by atoms with Crippen LogP contribution in [0.1, 0.15) is 0 Å². The van der Waals surface area contributed by atoms with Gasteiger partial charge in [0.25, 0.3) is 0 Å². The van der Waals surface area contributed by atoms with Gasteiger partial charge in [-0.3, -0.25) is 0 Å². The second-order valence-corrected chi connectivity index (χ2v) is 4.61. The number of rotatable bonds is 2. The van der Waals surface area contributed by atoms with Gasteiger partial charge in [0.2, 0.25) is 0 Å². The zero-order valence-electron chi connectivity index (χ0n) is 10.4. The van der Waals surface area contributed by atoms with Crippen molar-refractivity contribution in [3.05, 3.63) is 59.0 Å². The molecule has 0 bridgehead atoms. The molecule has 1 aromatic heterocycles. The van der Waals surface area contributed by atoms with Crippen LogP contribution in [-0.2, 0) is 0 Å². The highest BCUT2D eigenvalue weighted by atomic mass is 35.5. The minimum atomic E-state index is -1.06. The molecule has 3 aromatic rings. The Morgan fingerprint density at radius 2 is 1.52 bits per heavy atom. The Bertz CT molecular complexity index is 816. The molecular formula is C14H7ClF3N3. The average molecular weight is 310 g/mol. The molecule has 0 radical (unpaired) electrons. The number of aromatic nitrogens is 2. The van der Waals surface area contributed by atoms with Crippen molar-refractivity contribution in [2.24, 2.45) is 0 Å². The fourth-order valence-corrected chi connectivity index (χ4v) is 2.15. The van der Waals surface area contributed by atoms with Gasteiger partial charge in [0.1, 0.15) is 11.5 Å². The molecule has 1 heterocycles. The summed E-state index contributed by atoms with van der Waals surface area (Å²) < 4.78 is 40.2. The molecule has 0 saturated heterocycles. The van der Waals surface area contributed by atoms with Crippen molar-refractivity contribution < 1.29 is 13.2 Å². The average Bonchev–Trinajstić information content (AvgIpc) is 2.45. The lowest BCUT2D eigenvalue weighted by Gasteiger charge is -2.10. The molecule has 0 saturated carbocycles. The molecule has 0 atom stereocenters. The lowest BCUT2D eigenvalue weighted by molar-refractivity contribution is 0.549. The van der Waals surface area contributed by atoms with E-state index in [9.17, 15) is 13.2 Å². The predicted octanol–water partition coefficient (Wildman–Crippen LogP) is 4.44. The van der Waals surface area contributed by atoms with Crippen LogP contribution in [0.5, 0.6) is 0 Å². The van der Waals surface area contributed by atoms with Gasteiger partial charge in [-0.2, -0.15) is 0 Å². The van der Waals surface area contributed by atoms with Crippen LogP contribution in [0, 0.1) is 17.5 Å². The molecule has 0 aliphatic rings. The predicted molar refractivity (Wildman–Crippen MR) is 74.1 cm³/mol. The standard InChI is InChI=1S/C14H7ClF3N3/c15-13-8-3-1-2-4-9(8)14(21-20-13)19-12-10(17)5-7(16)6-11(12)18/h1-6H,(H,19,21). The lowest BCUT2D eigenvalue weighted by atomic mass is 10.2. The molecule has 3 rings (SSSR count). The summed E-state index contributed by atoms with van der Waals surface area (Å²) >= 11 is 5.92. The third-order valence-electron chi connectivity index (χ3n) is 2.89. The highest BCUT2D eigenvalue weighted by molar-refractivity contribution is 6.34. The van der Waals surface area contributed by atoms with Crippen LogP contribution in [0.4, 0.5) is 24.7 Å². The zero-order chi connectivity index (χ0) is 15.0. The summed E-state index contributed by atoms with van der Waals surface area (Å²) in [4.78, 5) is 0. The van der Waals surface area contributed by atoms with E-state index < -0.39 is 23.1 Å². The van der Waals surface area contributed by atoms with E-state index in [-0.39, 0.29) is 11.0 Å². The van der Waals surface area contributed by atoms with Crippen LogP contribution in [0.2, 0.25) is 5.15 Å². The molecule has 1 N–H and O–H groups in total. The van der Waals surface area contributed by atoms with E-state index in [1.807, 2.05) is 0 Å². The molecule has 2 aromatic carbocycles. The van der Waals surface area contributed by atoms with Gasteiger partial charge in [0, 0.05) is 22.9 Å². The topological polar surface area (TPSA) is 37.8 Å². The van der Waals surface area contributed by atoms with Crippen molar-refractivity contribution in [3.63, 3.8) is 0 Å². The van der Waals surface area contributed by atoms with Crippen LogP contribution >= 0.6 is 11.6 Å². The van der Waals surface area contributed by atoms with Gasteiger partial charge >= 0.3 is 0 Å². The van der Waals surface area contributed by atoms with E-state index in [1.165, 1.54) is 0 Å². The number of benzene rings is 2. The van der Waals surface area contributed by atoms with Gasteiger partial charge in [-0.25, -0.2) is 13.2 Å². The molecule has 0 aliphatic heterocycles. The molecule has 0 spiro atoms. The van der Waals surface area contributed by atoms with Gasteiger partial charge in [-0.05, 0) is 0 Å². The minimum absolute atomic E-state index is 0.124. The third-order valence-corrected chi connectivity index (χ3v) is 3.17. The fourth-order valence-electron chi connectivity index (χ4n) is 1.94. The van der Waals surface area contributed by atoms with Crippen molar-refractivity contribution >= 4 is 33.9 Å². The monoisotopic (exact) mass is 309 g/mol. The highest BCUT2D eigenvalue weighted by Gasteiger charge is 2.14. The van der Waals surface area contributed by atoms with E-state index in [1.54, 1.807) is 24.3 Å². The van der Waals surface area contributed by atoms with E-state index in [0.717, 1.165) is 0 Å². The quantitative estimate of drug-likeness (QED) is 0.760. The SMILES string of the molecule is Fc1cc(F)c(Nc2nnc(Cl)c3ccccc23)c(F)c1. The van der Waals surface area contributed by atoms with Crippen LogP contribution in [0.25, 0.3) is 10.8 Å². The molecular weight excluding hydrogens is 303 g/mol. The Morgan fingerprint density at radius 1 is 0.905 bits per heavy atom. The minimum Gasteiger partial charge on any atom is -0.333 e. The molecule has 21 heavy (non-hydrogen) atoms. The molecule has 7 heteroatoms. The Balaban J connectivity index is 2.13. The maximum atomic E-state index is 13.7. The van der Waals surface area contributed by atoms with E-state index in [2.05, 4.69) is 15.5 Å². The number of nitrogens with one attached hydrogen (secondary N) is 1. The Labute approximate surface area is 122 Å². The first-order valence-electron chi connectivity index (χ1n) is 5.89. The summed E-state index contributed by atoms with van der Waals surface area (Å²) in [6.07, 6.45) is 0. The van der Waals surface area contributed by atoms with E-state index in [0.29, 0.717) is 22.9 Å². The number of fused-ring (bicyclic) bond motifs is 1. The Kier molecular flexibility index (Phi) is 3.39. The molecule has 0 aliphatic carbocycles. The summed E-state index contributed by atoms with van der Waals surface area (Å²) in [5, 5.41) is 11.3. The van der Waals surface area contributed by atoms with Crippen molar-refractivity contribution in [2.45, 2.75) is 0 Å². The first-order chi connectivity index (χ1) is 10.1. The number of hydrogen-bond acceptors (Lipinski definition) is 3. The van der Waals surface area contributed by atoms with Crippen molar-refractivity contribution in [1.82, 2.24) is 10.2 Å². The van der Waals surface area contributed by atoms with E-state index in [4.69, 9.17) is 11.6 Å². The Hall–Kier alpha value is -2.34. The zero-order valence-corrected chi connectivity index (χ0v) is 11.1. The van der Waals surface area contributed by atoms with Crippen LogP contribution in [-0.4, -0.2) is 10.2 Å². The lowest BCUT2D eigenvalue weighted by Crippen LogP contribution is -2.02. The summed E-state index contributed by atoms with van der Waals surface area (Å²) in [5.74, 6) is -3.00. The molecule has 106 valence electrons. The van der Waals surface area contributed by atoms with Gasteiger partial charge in [0.05, 0.1) is 0 Å². The number of nitrogens with zero attached hydrogens (tertiary/aromatic N) is 2. The van der Waals surface area contributed by atoms with Crippen LogP contribution in [0.15, 0.2) is 36.4 Å². The maximum Gasteiger partial charge on any atom is 0.161 e. The smallest absolute Gasteiger partial charge is 0.161 e. The number of anilines is 2. The van der Waals surface area contributed by atoms with Gasteiger partial charge < -0.3 is 5.32 Å².